The van der Waals surface area contributed by atoms with E-state index in [-0.39, 0.29) is 5.41 Å². The second kappa shape index (κ2) is 5.18. The van der Waals surface area contributed by atoms with Gasteiger partial charge in [0.2, 0.25) is 0 Å². The number of hydrogen-bond acceptors (Lipinski definition) is 2. The summed E-state index contributed by atoms with van der Waals surface area (Å²) in [6.45, 7) is 19.3. The topological polar surface area (TPSA) is 29.9 Å². The predicted molar refractivity (Wildman–Crippen MR) is 85.0 cm³/mol. The summed E-state index contributed by atoms with van der Waals surface area (Å²) in [4.78, 5) is 4.96. The van der Waals surface area contributed by atoms with E-state index in [0.29, 0.717) is 11.3 Å². The van der Waals surface area contributed by atoms with E-state index in [1.807, 2.05) is 0 Å². The maximum atomic E-state index is 4.96. The van der Waals surface area contributed by atoms with Gasteiger partial charge < -0.3 is 9.88 Å². The van der Waals surface area contributed by atoms with Crippen LogP contribution in [0.4, 0.5) is 0 Å². The Morgan fingerprint density at radius 1 is 1.20 bits per heavy atom. The Kier molecular flexibility index (Phi) is 4.03. The molecule has 1 aromatic heterocycles. The van der Waals surface area contributed by atoms with Crippen molar-refractivity contribution in [2.24, 2.45) is 11.3 Å². The smallest absolute Gasteiger partial charge is 0.114 e. The third-order valence-electron chi connectivity index (χ3n) is 4.59. The van der Waals surface area contributed by atoms with Crippen molar-refractivity contribution in [3.63, 3.8) is 0 Å². The van der Waals surface area contributed by atoms with Gasteiger partial charge in [0.05, 0.1) is 5.69 Å². The van der Waals surface area contributed by atoms with Gasteiger partial charge in [0.15, 0.2) is 0 Å². The minimum absolute atomic E-state index is 0.106. The van der Waals surface area contributed by atoms with Crippen molar-refractivity contribution < 1.29 is 0 Å². The highest BCUT2D eigenvalue weighted by Gasteiger charge is 2.29. The zero-order chi connectivity index (χ0) is 15.1. The number of nitrogens with one attached hydrogen (secondary N) is 1. The lowest BCUT2D eigenvalue weighted by Gasteiger charge is -2.31. The summed E-state index contributed by atoms with van der Waals surface area (Å²) < 4.78 is 2.52. The normalized spacial score (nSPS) is 17.9. The van der Waals surface area contributed by atoms with Gasteiger partial charge in [0, 0.05) is 37.2 Å². The first-order chi connectivity index (χ1) is 9.10. The number of fused-ring (bicyclic) bond motifs is 1. The second-order valence-corrected chi connectivity index (χ2v) is 8.38. The van der Waals surface area contributed by atoms with E-state index in [1.54, 1.807) is 0 Å². The second-order valence-electron chi connectivity index (χ2n) is 8.38. The van der Waals surface area contributed by atoms with Crippen LogP contribution in [0.25, 0.3) is 0 Å². The Morgan fingerprint density at radius 2 is 1.85 bits per heavy atom. The zero-order valence-corrected chi connectivity index (χ0v) is 14.3. The fourth-order valence-electron chi connectivity index (χ4n) is 2.69. The van der Waals surface area contributed by atoms with Crippen LogP contribution in [0, 0.1) is 11.3 Å². The van der Waals surface area contributed by atoms with Crippen molar-refractivity contribution in [3.8, 4) is 0 Å². The van der Waals surface area contributed by atoms with E-state index in [9.17, 15) is 0 Å². The van der Waals surface area contributed by atoms with Crippen molar-refractivity contribution >= 4 is 0 Å². The quantitative estimate of drug-likeness (QED) is 0.896. The molecule has 1 unspecified atom stereocenters. The summed E-state index contributed by atoms with van der Waals surface area (Å²) >= 11 is 0. The van der Waals surface area contributed by atoms with Crippen molar-refractivity contribution in [1.82, 2.24) is 14.9 Å². The minimum Gasteiger partial charge on any atom is -0.331 e. The minimum atomic E-state index is 0.106. The van der Waals surface area contributed by atoms with Crippen LogP contribution in [0.5, 0.6) is 0 Å². The SMILES string of the molecule is CC(Cn1c(C(C)(C)C)nc2c1CCNC2)C(C)(C)C. The molecule has 0 spiro atoms. The molecular formula is C17H31N3. The van der Waals surface area contributed by atoms with Gasteiger partial charge in [-0.2, -0.15) is 0 Å². The average Bonchev–Trinajstić information content (AvgIpc) is 2.67. The number of hydrogen-bond donors (Lipinski definition) is 1. The lowest BCUT2D eigenvalue weighted by molar-refractivity contribution is 0.226. The molecule has 2 rings (SSSR count). The van der Waals surface area contributed by atoms with Crippen LogP contribution in [-0.4, -0.2) is 16.1 Å². The van der Waals surface area contributed by atoms with E-state index < -0.39 is 0 Å². The Labute approximate surface area is 124 Å². The number of rotatable bonds is 2. The van der Waals surface area contributed by atoms with Gasteiger partial charge in [-0.05, 0) is 11.3 Å². The molecule has 20 heavy (non-hydrogen) atoms. The van der Waals surface area contributed by atoms with Crippen LogP contribution < -0.4 is 5.32 Å². The summed E-state index contributed by atoms with van der Waals surface area (Å²) in [6, 6.07) is 0. The average molecular weight is 277 g/mol. The molecule has 0 saturated heterocycles. The number of imidazole rings is 1. The van der Waals surface area contributed by atoms with Crippen molar-refractivity contribution in [2.45, 2.75) is 73.4 Å². The molecule has 0 amide bonds. The van der Waals surface area contributed by atoms with E-state index in [1.165, 1.54) is 17.2 Å². The molecule has 0 bridgehead atoms. The predicted octanol–water partition coefficient (Wildman–Crippen LogP) is 3.51. The number of nitrogens with zero attached hydrogens (tertiary/aromatic N) is 2. The molecule has 0 radical (unpaired) electrons. The van der Waals surface area contributed by atoms with Crippen LogP contribution >= 0.6 is 0 Å². The standard InChI is InChI=1S/C17H31N3/c1-12(16(2,3)4)11-20-14-8-9-18-10-13(14)19-15(20)17(5,6)7/h12,18H,8-11H2,1-7H3. The molecule has 1 N–H and O–H groups in total. The third kappa shape index (κ3) is 3.08. The van der Waals surface area contributed by atoms with Gasteiger partial charge in [0.25, 0.3) is 0 Å². The van der Waals surface area contributed by atoms with Crippen LogP contribution in [0.15, 0.2) is 0 Å². The maximum absolute atomic E-state index is 4.96. The summed E-state index contributed by atoms with van der Waals surface area (Å²) in [5.74, 6) is 1.89. The molecule has 0 aromatic carbocycles. The third-order valence-corrected chi connectivity index (χ3v) is 4.59. The Bertz CT molecular complexity index is 472. The number of aromatic nitrogens is 2. The first-order valence-electron chi connectivity index (χ1n) is 7.90. The van der Waals surface area contributed by atoms with Crippen LogP contribution in [-0.2, 0) is 24.9 Å². The molecule has 0 aliphatic carbocycles. The molecule has 2 heterocycles. The summed E-state index contributed by atoms with van der Waals surface area (Å²) in [5.41, 5.74) is 3.17. The summed E-state index contributed by atoms with van der Waals surface area (Å²) in [5, 5.41) is 3.44. The molecule has 1 aliphatic heterocycles. The lowest BCUT2D eigenvalue weighted by atomic mass is 9.82. The molecule has 1 atom stereocenters. The van der Waals surface area contributed by atoms with Gasteiger partial charge in [-0.3, -0.25) is 0 Å². The van der Waals surface area contributed by atoms with Gasteiger partial charge >= 0.3 is 0 Å². The summed E-state index contributed by atoms with van der Waals surface area (Å²) in [6.07, 6.45) is 1.11. The highest BCUT2D eigenvalue weighted by molar-refractivity contribution is 5.23. The first kappa shape index (κ1) is 15.6. The monoisotopic (exact) mass is 277 g/mol. The molecule has 3 heteroatoms. The molecule has 114 valence electrons. The van der Waals surface area contributed by atoms with E-state index in [2.05, 4.69) is 58.4 Å². The fraction of sp³-hybridized carbons (Fsp3) is 0.824. The molecule has 0 fully saturated rings. The lowest BCUT2D eigenvalue weighted by Crippen LogP contribution is -2.29. The molecule has 0 saturated carbocycles. The van der Waals surface area contributed by atoms with Crippen molar-refractivity contribution in [2.75, 3.05) is 6.54 Å². The van der Waals surface area contributed by atoms with Crippen molar-refractivity contribution in [3.05, 3.63) is 17.2 Å². The van der Waals surface area contributed by atoms with Gasteiger partial charge in [-0.1, -0.05) is 48.5 Å². The molecule has 1 aromatic rings. The first-order valence-corrected chi connectivity index (χ1v) is 7.90. The Hall–Kier alpha value is -0.830. The largest absolute Gasteiger partial charge is 0.331 e. The van der Waals surface area contributed by atoms with Gasteiger partial charge in [-0.15, -0.1) is 0 Å². The summed E-state index contributed by atoms with van der Waals surface area (Å²) in [7, 11) is 0. The van der Waals surface area contributed by atoms with Crippen molar-refractivity contribution in [1.29, 1.82) is 0 Å². The Morgan fingerprint density at radius 3 is 2.40 bits per heavy atom. The fourth-order valence-corrected chi connectivity index (χ4v) is 2.69. The zero-order valence-electron chi connectivity index (χ0n) is 14.3. The Balaban J connectivity index is 2.41. The van der Waals surface area contributed by atoms with E-state index in [0.717, 1.165) is 26.1 Å². The van der Waals surface area contributed by atoms with Gasteiger partial charge in [0.1, 0.15) is 5.82 Å². The van der Waals surface area contributed by atoms with Crippen LogP contribution in [0.2, 0.25) is 0 Å². The van der Waals surface area contributed by atoms with E-state index >= 15 is 0 Å². The molecule has 1 aliphatic rings. The highest BCUT2D eigenvalue weighted by atomic mass is 15.1. The maximum Gasteiger partial charge on any atom is 0.114 e. The van der Waals surface area contributed by atoms with Crippen LogP contribution in [0.3, 0.4) is 0 Å². The van der Waals surface area contributed by atoms with Gasteiger partial charge in [-0.25, -0.2) is 4.98 Å². The molecule has 3 nitrogen and oxygen atoms in total. The highest BCUT2D eigenvalue weighted by Crippen LogP contribution is 2.31. The van der Waals surface area contributed by atoms with E-state index in [4.69, 9.17) is 4.98 Å². The van der Waals surface area contributed by atoms with Crippen LogP contribution in [0.1, 0.15) is 65.7 Å². The molecular weight excluding hydrogens is 246 g/mol.